The summed E-state index contributed by atoms with van der Waals surface area (Å²) in [6, 6.07) is 17.1. The van der Waals surface area contributed by atoms with Crippen LogP contribution in [0, 0.1) is 37.8 Å². The van der Waals surface area contributed by atoms with Crippen molar-refractivity contribution in [3.8, 4) is 0 Å². The lowest BCUT2D eigenvalue weighted by molar-refractivity contribution is -0.386. The lowest BCUT2D eigenvalue weighted by Gasteiger charge is -2.09. The molecule has 4 rings (SSSR count). The number of nitro benzene ring substituents is 1. The zero-order valence-corrected chi connectivity index (χ0v) is 21.5. The highest BCUT2D eigenvalue weighted by Gasteiger charge is 2.18. The van der Waals surface area contributed by atoms with Crippen LogP contribution in [0.25, 0.3) is 0 Å². The number of nitrogens with one attached hydrogen (secondary N) is 2. The topological polar surface area (TPSA) is 153 Å². The number of amides is 2. The Morgan fingerprint density at radius 1 is 0.737 bits per heavy atom. The van der Waals surface area contributed by atoms with Crippen molar-refractivity contribution in [2.24, 2.45) is 0 Å². The minimum absolute atomic E-state index is 0.0411. The van der Waals surface area contributed by atoms with E-state index in [0.717, 1.165) is 16.8 Å². The van der Waals surface area contributed by atoms with E-state index in [1.165, 1.54) is 12.1 Å². The molecule has 0 atom stereocenters. The summed E-state index contributed by atoms with van der Waals surface area (Å²) in [6.07, 6.45) is 3.21. The Labute approximate surface area is 220 Å². The number of carbonyl (C=O) groups is 2. The highest BCUT2D eigenvalue weighted by molar-refractivity contribution is 6.05. The number of anilines is 3. The van der Waals surface area contributed by atoms with Crippen LogP contribution in [0.15, 0.2) is 73.1 Å². The van der Waals surface area contributed by atoms with Gasteiger partial charge < -0.3 is 16.4 Å². The number of nitro groups is 1. The highest BCUT2D eigenvalue weighted by Crippen LogP contribution is 2.25. The molecule has 2 aromatic heterocycles. The fourth-order valence-electron chi connectivity index (χ4n) is 3.73. The van der Waals surface area contributed by atoms with Crippen LogP contribution < -0.4 is 16.4 Å². The number of benzene rings is 2. The van der Waals surface area contributed by atoms with Gasteiger partial charge in [-0.25, -0.2) is 9.97 Å². The maximum Gasteiger partial charge on any atom is 0.275 e. The SMILES string of the molecule is Cc1cc(C(=O)Nc2ccccn2)cc(C)c1N.Cc1cc(C(=O)Nc2ccccn2)cc(C)c1[N+](=O)[O-]. The predicted molar refractivity (Wildman–Crippen MR) is 147 cm³/mol. The van der Waals surface area contributed by atoms with E-state index >= 15 is 0 Å². The lowest BCUT2D eigenvalue weighted by atomic mass is 10.0. The van der Waals surface area contributed by atoms with E-state index in [-0.39, 0.29) is 17.5 Å². The second kappa shape index (κ2) is 12.2. The van der Waals surface area contributed by atoms with Gasteiger partial charge in [0.25, 0.3) is 17.5 Å². The molecule has 0 radical (unpaired) electrons. The first-order chi connectivity index (χ1) is 18.1. The normalized spacial score (nSPS) is 10.1. The van der Waals surface area contributed by atoms with Gasteiger partial charge in [-0.1, -0.05) is 12.1 Å². The number of hydrogen-bond donors (Lipinski definition) is 3. The van der Waals surface area contributed by atoms with Gasteiger partial charge in [-0.2, -0.15) is 0 Å². The number of nitrogens with two attached hydrogens (primary N) is 1. The molecule has 0 unspecified atom stereocenters. The van der Waals surface area contributed by atoms with Crippen molar-refractivity contribution in [1.82, 2.24) is 9.97 Å². The molecule has 4 N–H and O–H groups in total. The lowest BCUT2D eigenvalue weighted by Crippen LogP contribution is -2.13. The molecule has 0 aliphatic heterocycles. The minimum Gasteiger partial charge on any atom is -0.398 e. The molecule has 2 heterocycles. The number of nitrogens with zero attached hydrogens (tertiary/aromatic N) is 3. The molecule has 0 spiro atoms. The number of nitrogen functional groups attached to an aromatic ring is 1. The fourth-order valence-corrected chi connectivity index (χ4v) is 3.73. The van der Waals surface area contributed by atoms with Gasteiger partial charge in [0.1, 0.15) is 11.6 Å². The molecule has 38 heavy (non-hydrogen) atoms. The molecule has 2 aromatic carbocycles. The van der Waals surface area contributed by atoms with Crippen molar-refractivity contribution in [3.05, 3.63) is 117 Å². The second-order valence-electron chi connectivity index (χ2n) is 8.58. The third-order valence-electron chi connectivity index (χ3n) is 5.60. The Kier molecular flexibility index (Phi) is 8.83. The summed E-state index contributed by atoms with van der Waals surface area (Å²) in [7, 11) is 0. The average molecular weight is 513 g/mol. The van der Waals surface area contributed by atoms with Crippen LogP contribution in [-0.2, 0) is 0 Å². The van der Waals surface area contributed by atoms with Crippen LogP contribution >= 0.6 is 0 Å². The smallest absolute Gasteiger partial charge is 0.275 e. The second-order valence-corrected chi connectivity index (χ2v) is 8.58. The quantitative estimate of drug-likeness (QED) is 0.184. The molecule has 0 saturated heterocycles. The summed E-state index contributed by atoms with van der Waals surface area (Å²) in [5.41, 5.74) is 10.3. The third-order valence-corrected chi connectivity index (χ3v) is 5.60. The van der Waals surface area contributed by atoms with Gasteiger partial charge >= 0.3 is 0 Å². The Hall–Kier alpha value is -5.12. The van der Waals surface area contributed by atoms with Gasteiger partial charge in [0.05, 0.1) is 4.92 Å². The first kappa shape index (κ1) is 27.5. The number of rotatable bonds is 5. The monoisotopic (exact) mass is 512 g/mol. The highest BCUT2D eigenvalue weighted by atomic mass is 16.6. The number of aryl methyl sites for hydroxylation is 4. The summed E-state index contributed by atoms with van der Waals surface area (Å²) >= 11 is 0. The Bertz CT molecular complexity index is 1430. The number of aromatic nitrogens is 2. The summed E-state index contributed by atoms with van der Waals surface area (Å²) in [6.45, 7) is 7.01. The van der Waals surface area contributed by atoms with Crippen LogP contribution in [0.5, 0.6) is 0 Å². The van der Waals surface area contributed by atoms with Gasteiger partial charge in [0.15, 0.2) is 0 Å². The number of pyridine rings is 2. The predicted octanol–water partition coefficient (Wildman–Crippen LogP) is 5.39. The average Bonchev–Trinajstić information content (AvgIpc) is 2.88. The molecule has 0 aliphatic rings. The first-order valence-electron chi connectivity index (χ1n) is 11.6. The minimum atomic E-state index is -0.439. The van der Waals surface area contributed by atoms with Crippen molar-refractivity contribution in [1.29, 1.82) is 0 Å². The van der Waals surface area contributed by atoms with Crippen molar-refractivity contribution in [2.45, 2.75) is 27.7 Å². The fraction of sp³-hybridized carbons (Fsp3) is 0.143. The van der Waals surface area contributed by atoms with Gasteiger partial charge in [-0.05, 0) is 87.4 Å². The molecule has 0 aliphatic carbocycles. The van der Waals surface area contributed by atoms with Crippen LogP contribution in [0.1, 0.15) is 43.0 Å². The van der Waals surface area contributed by atoms with Gasteiger partial charge in [0, 0.05) is 40.3 Å². The van der Waals surface area contributed by atoms with Crippen molar-refractivity contribution in [2.75, 3.05) is 16.4 Å². The van der Waals surface area contributed by atoms with Crippen molar-refractivity contribution < 1.29 is 14.5 Å². The van der Waals surface area contributed by atoms with Crippen molar-refractivity contribution in [3.63, 3.8) is 0 Å². The number of hydrogen-bond acceptors (Lipinski definition) is 7. The van der Waals surface area contributed by atoms with E-state index < -0.39 is 4.92 Å². The van der Waals surface area contributed by atoms with E-state index in [2.05, 4.69) is 20.6 Å². The first-order valence-corrected chi connectivity index (χ1v) is 11.6. The largest absolute Gasteiger partial charge is 0.398 e. The zero-order chi connectivity index (χ0) is 27.8. The van der Waals surface area contributed by atoms with E-state index in [4.69, 9.17) is 5.73 Å². The summed E-state index contributed by atoms with van der Waals surface area (Å²) < 4.78 is 0. The summed E-state index contributed by atoms with van der Waals surface area (Å²) in [4.78, 5) is 42.6. The molecule has 0 fully saturated rings. The van der Waals surface area contributed by atoms with Crippen LogP contribution in [0.3, 0.4) is 0 Å². The maximum absolute atomic E-state index is 12.1. The molecule has 0 saturated carbocycles. The molecular weight excluding hydrogens is 484 g/mol. The van der Waals surface area contributed by atoms with Crippen molar-refractivity contribution >= 4 is 34.8 Å². The Balaban J connectivity index is 0.000000212. The standard InChI is InChI=1S/C14H13N3O3.C14H15N3O/c1-9-7-11(8-10(2)13(9)17(19)20)14(18)16-12-5-3-4-6-15-12;1-9-7-11(8-10(2)13(9)15)14(18)17-12-5-3-4-6-16-12/h3-8H,1-2H3,(H,15,16,18);3-8H,15H2,1-2H3,(H,16,17,18). The summed E-state index contributed by atoms with van der Waals surface area (Å²) in [5.74, 6) is 0.450. The maximum atomic E-state index is 12.1. The van der Waals surface area contributed by atoms with Crippen LogP contribution in [0.4, 0.5) is 23.0 Å². The number of carbonyl (C=O) groups excluding carboxylic acids is 2. The Morgan fingerprint density at radius 3 is 1.47 bits per heavy atom. The molecule has 10 heteroatoms. The molecule has 194 valence electrons. The molecule has 4 aromatic rings. The molecule has 0 bridgehead atoms. The zero-order valence-electron chi connectivity index (χ0n) is 21.5. The van der Waals surface area contributed by atoms with Gasteiger partial charge in [-0.15, -0.1) is 0 Å². The third kappa shape index (κ3) is 6.97. The van der Waals surface area contributed by atoms with E-state index in [9.17, 15) is 19.7 Å². The van der Waals surface area contributed by atoms with Crippen LogP contribution in [0.2, 0.25) is 0 Å². The Morgan fingerprint density at radius 2 is 1.13 bits per heavy atom. The van der Waals surface area contributed by atoms with E-state index in [0.29, 0.717) is 33.9 Å². The molecule has 2 amide bonds. The van der Waals surface area contributed by atoms with E-state index in [1.807, 2.05) is 19.9 Å². The molecular formula is C28H28N6O4. The van der Waals surface area contributed by atoms with E-state index in [1.54, 1.807) is 68.7 Å². The van der Waals surface area contributed by atoms with Crippen LogP contribution in [-0.4, -0.2) is 26.7 Å². The van der Waals surface area contributed by atoms with Gasteiger partial charge in [-0.3, -0.25) is 19.7 Å². The summed E-state index contributed by atoms with van der Waals surface area (Å²) in [5, 5.41) is 16.3. The van der Waals surface area contributed by atoms with Gasteiger partial charge in [0.2, 0.25) is 0 Å². The molecule has 10 nitrogen and oxygen atoms in total.